The topological polar surface area (TPSA) is 92.4 Å². The molecule has 1 rings (SSSR count). The second-order valence-electron chi connectivity index (χ2n) is 4.63. The molecule has 1 atom stereocenters. The number of carbonyl (C=O) groups is 2. The van der Waals surface area contributed by atoms with E-state index >= 15 is 0 Å². The van der Waals surface area contributed by atoms with Crippen LogP contribution in [0.5, 0.6) is 0 Å². The van der Waals surface area contributed by atoms with Crippen LogP contribution in [0, 0.1) is 5.41 Å². The molecule has 0 saturated heterocycles. The van der Waals surface area contributed by atoms with E-state index < -0.39 is 17.3 Å². The third kappa shape index (κ3) is 3.61. The first-order chi connectivity index (χ1) is 8.80. The van der Waals surface area contributed by atoms with E-state index in [-0.39, 0.29) is 17.1 Å². The summed E-state index contributed by atoms with van der Waals surface area (Å²) in [5, 5.41) is 12.4. The summed E-state index contributed by atoms with van der Waals surface area (Å²) < 4.78 is 0. The average molecular weight is 285 g/mol. The summed E-state index contributed by atoms with van der Waals surface area (Å²) in [4.78, 5) is 22.2. The van der Waals surface area contributed by atoms with Crippen LogP contribution in [0.3, 0.4) is 0 Å². The Kier molecular flexibility index (Phi) is 4.78. The van der Waals surface area contributed by atoms with Gasteiger partial charge >= 0.3 is 5.97 Å². The van der Waals surface area contributed by atoms with E-state index in [1.54, 1.807) is 19.1 Å². The molecule has 0 heterocycles. The van der Waals surface area contributed by atoms with Gasteiger partial charge in [0.25, 0.3) is 0 Å². The minimum Gasteiger partial charge on any atom is -0.481 e. The van der Waals surface area contributed by atoms with Crippen molar-refractivity contribution in [3.63, 3.8) is 0 Å². The molecule has 104 valence electrons. The van der Waals surface area contributed by atoms with E-state index in [1.165, 1.54) is 6.07 Å². The molecule has 0 radical (unpaired) electrons. The number of anilines is 1. The summed E-state index contributed by atoms with van der Waals surface area (Å²) in [7, 11) is 0. The summed E-state index contributed by atoms with van der Waals surface area (Å²) in [6.07, 6.45) is 0.502. The number of halogens is 1. The SMILES string of the molecule is CCC(C)(CNc1ccc(C(N)=O)c(Cl)c1)C(=O)O. The van der Waals surface area contributed by atoms with Gasteiger partial charge in [-0.25, -0.2) is 0 Å². The van der Waals surface area contributed by atoms with E-state index in [0.717, 1.165) is 0 Å². The quantitative estimate of drug-likeness (QED) is 0.747. The van der Waals surface area contributed by atoms with Crippen LogP contribution in [0.25, 0.3) is 0 Å². The Hall–Kier alpha value is -1.75. The zero-order valence-corrected chi connectivity index (χ0v) is 11.6. The summed E-state index contributed by atoms with van der Waals surface area (Å²) in [6.45, 7) is 3.76. The van der Waals surface area contributed by atoms with Crippen LogP contribution in [0.2, 0.25) is 5.02 Å². The minimum absolute atomic E-state index is 0.240. The maximum absolute atomic E-state index is 11.2. The number of nitrogens with two attached hydrogens (primary N) is 1. The molecule has 19 heavy (non-hydrogen) atoms. The van der Waals surface area contributed by atoms with E-state index in [4.69, 9.17) is 22.4 Å². The number of carboxylic acid groups (broad SMARTS) is 1. The van der Waals surface area contributed by atoms with Crippen LogP contribution < -0.4 is 11.1 Å². The minimum atomic E-state index is -0.859. The zero-order valence-electron chi connectivity index (χ0n) is 10.9. The maximum Gasteiger partial charge on any atom is 0.311 e. The predicted octanol–water partition coefficient (Wildman–Crippen LogP) is 2.35. The third-order valence-corrected chi connectivity index (χ3v) is 3.53. The van der Waals surface area contributed by atoms with Crippen molar-refractivity contribution >= 4 is 29.2 Å². The normalized spacial score (nSPS) is 13.6. The first-order valence-electron chi connectivity index (χ1n) is 5.87. The van der Waals surface area contributed by atoms with Crippen molar-refractivity contribution in [1.82, 2.24) is 0 Å². The number of primary amides is 1. The fourth-order valence-corrected chi connectivity index (χ4v) is 1.75. The number of rotatable bonds is 6. The highest BCUT2D eigenvalue weighted by Crippen LogP contribution is 2.25. The summed E-state index contributed by atoms with van der Waals surface area (Å²) >= 11 is 5.91. The van der Waals surface area contributed by atoms with Gasteiger partial charge in [0.05, 0.1) is 16.0 Å². The predicted molar refractivity (Wildman–Crippen MR) is 74.5 cm³/mol. The lowest BCUT2D eigenvalue weighted by molar-refractivity contribution is -0.147. The van der Waals surface area contributed by atoms with Gasteiger partial charge in [-0.1, -0.05) is 18.5 Å². The van der Waals surface area contributed by atoms with Gasteiger partial charge in [0.2, 0.25) is 5.91 Å². The van der Waals surface area contributed by atoms with Crippen molar-refractivity contribution in [3.8, 4) is 0 Å². The highest BCUT2D eigenvalue weighted by molar-refractivity contribution is 6.34. The van der Waals surface area contributed by atoms with E-state index in [9.17, 15) is 9.59 Å². The average Bonchev–Trinajstić information content (AvgIpc) is 2.35. The summed E-state index contributed by atoms with van der Waals surface area (Å²) in [5.74, 6) is -1.46. The third-order valence-electron chi connectivity index (χ3n) is 3.21. The zero-order chi connectivity index (χ0) is 14.6. The molecule has 4 N–H and O–H groups in total. The van der Waals surface area contributed by atoms with Gasteiger partial charge in [0.15, 0.2) is 0 Å². The second-order valence-corrected chi connectivity index (χ2v) is 5.04. The number of nitrogens with one attached hydrogen (secondary N) is 1. The Labute approximate surface area is 116 Å². The summed E-state index contributed by atoms with van der Waals surface area (Å²) in [5.41, 5.74) is 5.18. The van der Waals surface area contributed by atoms with E-state index in [0.29, 0.717) is 12.1 Å². The molecule has 1 aromatic rings. The molecule has 1 unspecified atom stereocenters. The number of hydrogen-bond donors (Lipinski definition) is 3. The highest BCUT2D eigenvalue weighted by Gasteiger charge is 2.30. The van der Waals surface area contributed by atoms with Gasteiger partial charge in [0, 0.05) is 12.2 Å². The standard InChI is InChI=1S/C13H17ClN2O3/c1-3-13(2,12(18)19)7-16-8-4-5-9(11(15)17)10(14)6-8/h4-6,16H,3,7H2,1-2H3,(H2,15,17)(H,18,19). The number of carboxylic acids is 1. The smallest absolute Gasteiger partial charge is 0.311 e. The molecule has 0 aliphatic heterocycles. The number of carbonyl (C=O) groups excluding carboxylic acids is 1. The molecule has 6 heteroatoms. The first-order valence-corrected chi connectivity index (χ1v) is 6.24. The monoisotopic (exact) mass is 284 g/mol. The van der Waals surface area contributed by atoms with Crippen molar-refractivity contribution in [2.45, 2.75) is 20.3 Å². The lowest BCUT2D eigenvalue weighted by Gasteiger charge is -2.24. The molecular formula is C13H17ClN2O3. The Bertz CT molecular complexity index is 505. The van der Waals surface area contributed by atoms with Crippen molar-refractivity contribution in [3.05, 3.63) is 28.8 Å². The van der Waals surface area contributed by atoms with Crippen molar-refractivity contribution in [2.24, 2.45) is 11.1 Å². The fraction of sp³-hybridized carbons (Fsp3) is 0.385. The van der Waals surface area contributed by atoms with Crippen LogP contribution in [-0.4, -0.2) is 23.5 Å². The lowest BCUT2D eigenvalue weighted by Crippen LogP contribution is -2.34. The van der Waals surface area contributed by atoms with Crippen LogP contribution in [-0.2, 0) is 4.79 Å². The molecule has 0 saturated carbocycles. The van der Waals surface area contributed by atoms with Gasteiger partial charge in [-0.05, 0) is 31.5 Å². The lowest BCUT2D eigenvalue weighted by atomic mass is 9.87. The molecule has 0 aliphatic carbocycles. The molecule has 0 aliphatic rings. The number of amides is 1. The van der Waals surface area contributed by atoms with Crippen LogP contribution in [0.1, 0.15) is 30.6 Å². The van der Waals surface area contributed by atoms with Gasteiger partial charge < -0.3 is 16.2 Å². The van der Waals surface area contributed by atoms with Crippen molar-refractivity contribution in [1.29, 1.82) is 0 Å². The van der Waals surface area contributed by atoms with Crippen molar-refractivity contribution < 1.29 is 14.7 Å². The highest BCUT2D eigenvalue weighted by atomic mass is 35.5. The Morgan fingerprint density at radius 3 is 2.53 bits per heavy atom. The van der Waals surface area contributed by atoms with E-state index in [1.807, 2.05) is 6.92 Å². The Morgan fingerprint density at radius 2 is 2.11 bits per heavy atom. The molecule has 5 nitrogen and oxygen atoms in total. The molecule has 0 spiro atoms. The van der Waals surface area contributed by atoms with Crippen LogP contribution in [0.4, 0.5) is 5.69 Å². The Balaban J connectivity index is 2.82. The number of benzene rings is 1. The second kappa shape index (κ2) is 5.93. The van der Waals surface area contributed by atoms with Crippen LogP contribution in [0.15, 0.2) is 18.2 Å². The van der Waals surface area contributed by atoms with Crippen molar-refractivity contribution in [2.75, 3.05) is 11.9 Å². The molecule has 0 fully saturated rings. The Morgan fingerprint density at radius 1 is 1.47 bits per heavy atom. The molecular weight excluding hydrogens is 268 g/mol. The molecule has 0 bridgehead atoms. The van der Waals surface area contributed by atoms with Gasteiger partial charge in [0.1, 0.15) is 0 Å². The number of hydrogen-bond acceptors (Lipinski definition) is 3. The van der Waals surface area contributed by atoms with Gasteiger partial charge in [-0.2, -0.15) is 0 Å². The van der Waals surface area contributed by atoms with E-state index in [2.05, 4.69) is 5.32 Å². The maximum atomic E-state index is 11.2. The number of aliphatic carboxylic acids is 1. The molecule has 1 aromatic carbocycles. The molecule has 1 amide bonds. The largest absolute Gasteiger partial charge is 0.481 e. The first kappa shape index (κ1) is 15.3. The van der Waals surface area contributed by atoms with Crippen LogP contribution >= 0.6 is 11.6 Å². The summed E-state index contributed by atoms with van der Waals surface area (Å²) in [6, 6.07) is 4.71. The van der Waals surface area contributed by atoms with Gasteiger partial charge in [-0.3, -0.25) is 9.59 Å². The van der Waals surface area contributed by atoms with Gasteiger partial charge in [-0.15, -0.1) is 0 Å². The fourth-order valence-electron chi connectivity index (χ4n) is 1.47. The molecule has 0 aromatic heterocycles.